The maximum Gasteiger partial charge on any atom is 0.221 e. The van der Waals surface area contributed by atoms with E-state index in [1.165, 1.54) is 12.1 Å². The lowest BCUT2D eigenvalue weighted by Crippen LogP contribution is -2.42. The van der Waals surface area contributed by atoms with Crippen LogP contribution in [-0.4, -0.2) is 67.2 Å². The van der Waals surface area contributed by atoms with Crippen LogP contribution in [0.1, 0.15) is 31.7 Å². The van der Waals surface area contributed by atoms with E-state index in [0.717, 1.165) is 45.1 Å². The van der Waals surface area contributed by atoms with Gasteiger partial charge in [0, 0.05) is 57.0 Å². The van der Waals surface area contributed by atoms with Gasteiger partial charge in [0.25, 0.3) is 0 Å². The fourth-order valence-electron chi connectivity index (χ4n) is 5.41. The van der Waals surface area contributed by atoms with Crippen LogP contribution in [0, 0.1) is 23.5 Å². The fraction of sp³-hybridized carbons (Fsp3) is 0.682. The number of fused-ring (bicyclic) bond motifs is 1. The number of rotatable bonds is 8. The first-order valence-corrected chi connectivity index (χ1v) is 10.7. The van der Waals surface area contributed by atoms with E-state index in [1.807, 2.05) is 7.05 Å². The predicted octanol–water partition coefficient (Wildman–Crippen LogP) is 2.40. The van der Waals surface area contributed by atoms with Crippen molar-refractivity contribution in [3.8, 4) is 0 Å². The number of likely N-dealkylation sites (tertiary alicyclic amines) is 1. The van der Waals surface area contributed by atoms with Gasteiger partial charge in [-0.1, -0.05) is 6.92 Å². The number of hydrogen-bond donors (Lipinski definition) is 1. The normalized spacial score (nSPS) is 30.9. The molecule has 160 valence electrons. The molecule has 1 N–H and O–H groups in total. The van der Waals surface area contributed by atoms with Crippen LogP contribution in [0.2, 0.25) is 0 Å². The number of carbonyl (C=O) groups is 1. The number of nitrogens with zero attached hydrogens (tertiary/aromatic N) is 2. The Bertz CT molecular complexity index is 741. The van der Waals surface area contributed by atoms with E-state index in [0.29, 0.717) is 36.9 Å². The minimum atomic E-state index is -0.538. The first-order chi connectivity index (χ1) is 13.9. The molecule has 4 atom stereocenters. The van der Waals surface area contributed by atoms with Gasteiger partial charge in [0.05, 0.1) is 11.7 Å². The van der Waals surface area contributed by atoms with Crippen LogP contribution in [0.3, 0.4) is 0 Å². The lowest BCUT2D eigenvalue weighted by atomic mass is 9.73. The summed E-state index contributed by atoms with van der Waals surface area (Å²) in [6, 6.07) is 3.71. The smallest absolute Gasteiger partial charge is 0.221 e. The molecule has 0 unspecified atom stereocenters. The number of ether oxygens (including phenoxy) is 1. The molecular weight excluding hydrogens is 376 g/mol. The molecule has 1 amide bonds. The zero-order valence-corrected chi connectivity index (χ0v) is 17.3. The van der Waals surface area contributed by atoms with Crippen molar-refractivity contribution in [2.24, 2.45) is 11.8 Å². The third kappa shape index (κ3) is 4.32. The largest absolute Gasteiger partial charge is 0.370 e. The van der Waals surface area contributed by atoms with E-state index in [-0.39, 0.29) is 17.6 Å². The molecule has 1 spiro atoms. The van der Waals surface area contributed by atoms with Gasteiger partial charge in [-0.2, -0.15) is 0 Å². The van der Waals surface area contributed by atoms with E-state index >= 15 is 0 Å². The molecule has 1 aromatic carbocycles. The van der Waals surface area contributed by atoms with Crippen LogP contribution in [0.5, 0.6) is 0 Å². The number of benzene rings is 1. The molecular formula is C22H31F2N3O2. The Morgan fingerprint density at radius 2 is 2.10 bits per heavy atom. The average Bonchev–Trinajstić information content (AvgIpc) is 3.31. The van der Waals surface area contributed by atoms with Crippen molar-refractivity contribution in [1.29, 1.82) is 0 Å². The van der Waals surface area contributed by atoms with Crippen molar-refractivity contribution in [2.75, 3.05) is 39.8 Å². The van der Waals surface area contributed by atoms with E-state index in [4.69, 9.17) is 4.74 Å². The summed E-state index contributed by atoms with van der Waals surface area (Å²) >= 11 is 0. The Morgan fingerprint density at radius 3 is 2.83 bits per heavy atom. The van der Waals surface area contributed by atoms with Crippen LogP contribution in [-0.2, 0) is 16.1 Å². The molecule has 3 saturated heterocycles. The minimum absolute atomic E-state index is 0.0900. The second-order valence-corrected chi connectivity index (χ2v) is 8.93. The van der Waals surface area contributed by atoms with Gasteiger partial charge in [0.2, 0.25) is 5.91 Å². The highest BCUT2D eigenvalue weighted by Gasteiger charge is 2.62. The molecule has 3 aliphatic heterocycles. The number of carbonyl (C=O) groups excluding carboxylic acids is 1. The molecule has 2 bridgehead atoms. The van der Waals surface area contributed by atoms with E-state index in [1.54, 1.807) is 0 Å². The molecule has 0 saturated carbocycles. The molecule has 5 nitrogen and oxygen atoms in total. The molecule has 7 heteroatoms. The number of nitrogens with one attached hydrogen (secondary N) is 1. The first kappa shape index (κ1) is 20.7. The van der Waals surface area contributed by atoms with Gasteiger partial charge in [0.1, 0.15) is 11.6 Å². The molecule has 3 fully saturated rings. The Morgan fingerprint density at radius 1 is 1.34 bits per heavy atom. The second kappa shape index (κ2) is 8.28. The van der Waals surface area contributed by atoms with Crippen molar-refractivity contribution in [3.05, 3.63) is 35.4 Å². The van der Waals surface area contributed by atoms with Crippen LogP contribution in [0.15, 0.2) is 18.2 Å². The summed E-state index contributed by atoms with van der Waals surface area (Å²) in [5.41, 5.74) is 0.493. The Hall–Kier alpha value is -1.57. The number of hydrogen-bond acceptors (Lipinski definition) is 4. The topological polar surface area (TPSA) is 44.8 Å². The van der Waals surface area contributed by atoms with Gasteiger partial charge in [-0.25, -0.2) is 8.78 Å². The molecule has 3 heterocycles. The summed E-state index contributed by atoms with van der Waals surface area (Å²) in [5.74, 6) is -0.315. The highest BCUT2D eigenvalue weighted by molar-refractivity contribution is 5.76. The minimum Gasteiger partial charge on any atom is -0.370 e. The fourth-order valence-corrected chi connectivity index (χ4v) is 5.41. The Labute approximate surface area is 171 Å². The highest BCUT2D eigenvalue weighted by Crippen LogP contribution is 2.54. The van der Waals surface area contributed by atoms with Gasteiger partial charge in [-0.15, -0.1) is 0 Å². The summed E-state index contributed by atoms with van der Waals surface area (Å²) in [6.45, 7) is 6.57. The van der Waals surface area contributed by atoms with E-state index in [2.05, 4.69) is 22.0 Å². The maximum absolute atomic E-state index is 13.5. The van der Waals surface area contributed by atoms with Gasteiger partial charge in [-0.3, -0.25) is 9.69 Å². The van der Waals surface area contributed by atoms with Crippen LogP contribution in [0.25, 0.3) is 0 Å². The third-order valence-electron chi connectivity index (χ3n) is 6.98. The summed E-state index contributed by atoms with van der Waals surface area (Å²) in [4.78, 5) is 16.6. The molecule has 4 rings (SSSR count). The predicted molar refractivity (Wildman–Crippen MR) is 106 cm³/mol. The van der Waals surface area contributed by atoms with E-state index < -0.39 is 11.6 Å². The highest BCUT2D eigenvalue weighted by atomic mass is 19.1. The molecule has 3 aliphatic rings. The number of halogens is 2. The molecule has 29 heavy (non-hydrogen) atoms. The van der Waals surface area contributed by atoms with Gasteiger partial charge in [-0.05, 0) is 44.1 Å². The SMILES string of the molecule is CCN(C)CCC(=O)NC[C@H]1[C@H]2CN(Cc3cc(F)cc(F)c3)C[C@]23CC[C@H]1O3. The Balaban J connectivity index is 1.34. The standard InChI is InChI=1S/C22H31F2N3O2/c1-3-26(2)7-5-21(28)25-11-18-19-13-27(14-22(19)6-4-20(18)29-22)12-15-8-16(23)10-17(24)9-15/h8-10,18-20H,3-7,11-14H2,1-2H3,(H,25,28)/t18-,19+,20+,22+/m0/s1. The zero-order chi connectivity index (χ0) is 20.6. The van der Waals surface area contributed by atoms with Crippen molar-refractivity contribution in [1.82, 2.24) is 15.1 Å². The molecule has 1 aromatic rings. The first-order valence-electron chi connectivity index (χ1n) is 10.7. The summed E-state index contributed by atoms with van der Waals surface area (Å²) < 4.78 is 33.5. The van der Waals surface area contributed by atoms with E-state index in [9.17, 15) is 13.6 Å². The van der Waals surface area contributed by atoms with Crippen molar-refractivity contribution >= 4 is 5.91 Å². The van der Waals surface area contributed by atoms with Gasteiger partial charge >= 0.3 is 0 Å². The monoisotopic (exact) mass is 407 g/mol. The summed E-state index contributed by atoms with van der Waals surface area (Å²) in [7, 11) is 2.01. The number of amides is 1. The molecule has 0 radical (unpaired) electrons. The lowest BCUT2D eigenvalue weighted by Gasteiger charge is -2.29. The maximum atomic E-state index is 13.5. The van der Waals surface area contributed by atoms with Gasteiger partial charge < -0.3 is 15.0 Å². The van der Waals surface area contributed by atoms with Crippen LogP contribution >= 0.6 is 0 Å². The average molecular weight is 408 g/mol. The van der Waals surface area contributed by atoms with Gasteiger partial charge in [0.15, 0.2) is 0 Å². The Kier molecular flexibility index (Phi) is 5.91. The van der Waals surface area contributed by atoms with Crippen LogP contribution in [0.4, 0.5) is 8.78 Å². The molecule has 0 aromatic heterocycles. The lowest BCUT2D eigenvalue weighted by molar-refractivity contribution is -0.121. The zero-order valence-electron chi connectivity index (χ0n) is 17.3. The van der Waals surface area contributed by atoms with Crippen molar-refractivity contribution < 1.29 is 18.3 Å². The quantitative estimate of drug-likeness (QED) is 0.719. The second-order valence-electron chi connectivity index (χ2n) is 8.93. The van der Waals surface area contributed by atoms with Crippen molar-refractivity contribution in [3.63, 3.8) is 0 Å². The van der Waals surface area contributed by atoms with Crippen molar-refractivity contribution in [2.45, 2.75) is 44.4 Å². The van der Waals surface area contributed by atoms with Crippen LogP contribution < -0.4 is 5.32 Å². The third-order valence-corrected chi connectivity index (χ3v) is 6.98. The summed E-state index contributed by atoms with van der Waals surface area (Å²) in [5, 5.41) is 3.11. The summed E-state index contributed by atoms with van der Waals surface area (Å²) in [6.07, 6.45) is 2.78. The molecule has 0 aliphatic carbocycles.